The van der Waals surface area contributed by atoms with Gasteiger partial charge in [-0.25, -0.2) is 14.8 Å². The minimum absolute atomic E-state index is 0.113. The topological polar surface area (TPSA) is 87.3 Å². The highest BCUT2D eigenvalue weighted by Gasteiger charge is 2.26. The summed E-state index contributed by atoms with van der Waals surface area (Å²) >= 11 is 0. The van der Waals surface area contributed by atoms with Crippen LogP contribution in [0.25, 0.3) is 0 Å². The number of benzene rings is 1. The van der Waals surface area contributed by atoms with E-state index in [0.29, 0.717) is 29.1 Å². The van der Waals surface area contributed by atoms with Gasteiger partial charge in [0.25, 0.3) is 0 Å². The molecule has 0 saturated carbocycles. The van der Waals surface area contributed by atoms with E-state index in [2.05, 4.69) is 9.97 Å². The lowest BCUT2D eigenvalue weighted by molar-refractivity contribution is 0.0517. The summed E-state index contributed by atoms with van der Waals surface area (Å²) in [6, 6.07) is 7.71. The third-order valence-electron chi connectivity index (χ3n) is 3.59. The number of esters is 1. The predicted octanol–water partition coefficient (Wildman–Crippen LogP) is 3.38. The largest absolute Gasteiger partial charge is 0.484 e. The fourth-order valence-electron chi connectivity index (χ4n) is 2.42. The van der Waals surface area contributed by atoms with Crippen LogP contribution in [0.15, 0.2) is 24.3 Å². The summed E-state index contributed by atoms with van der Waals surface area (Å²) in [5, 5.41) is 0. The van der Waals surface area contributed by atoms with E-state index in [1.54, 1.807) is 13.8 Å². The molecule has 1 unspecified atom stereocenters. The van der Waals surface area contributed by atoms with Gasteiger partial charge >= 0.3 is 5.97 Å². The van der Waals surface area contributed by atoms with E-state index >= 15 is 0 Å². The molecule has 1 aromatic carbocycles. The van der Waals surface area contributed by atoms with Gasteiger partial charge in [-0.1, -0.05) is 24.6 Å². The van der Waals surface area contributed by atoms with Crippen molar-refractivity contribution in [3.63, 3.8) is 0 Å². The fraction of sp³-hybridized carbons (Fsp3) is 0.389. The second kappa shape index (κ2) is 7.77. The first-order valence-corrected chi connectivity index (χ1v) is 8.00. The van der Waals surface area contributed by atoms with Crippen LogP contribution in [0.2, 0.25) is 0 Å². The van der Waals surface area contributed by atoms with Gasteiger partial charge in [-0.15, -0.1) is 0 Å². The van der Waals surface area contributed by atoms with E-state index in [0.717, 1.165) is 5.56 Å². The number of rotatable bonds is 6. The molecule has 6 nitrogen and oxygen atoms in total. The molecule has 0 fully saturated rings. The first-order valence-electron chi connectivity index (χ1n) is 8.00. The maximum absolute atomic E-state index is 12.3. The molecule has 0 bridgehead atoms. The molecule has 0 radical (unpaired) electrons. The summed E-state index contributed by atoms with van der Waals surface area (Å²) in [5.41, 5.74) is 8.19. The summed E-state index contributed by atoms with van der Waals surface area (Å²) in [7, 11) is 0. The first kappa shape index (κ1) is 17.7. The molecule has 1 aromatic heterocycles. The van der Waals surface area contributed by atoms with Gasteiger partial charge in [0.1, 0.15) is 23.1 Å². The van der Waals surface area contributed by atoms with Gasteiger partial charge in [0, 0.05) is 0 Å². The maximum atomic E-state index is 12.3. The van der Waals surface area contributed by atoms with E-state index < -0.39 is 12.1 Å². The lowest BCUT2D eigenvalue weighted by atomic mass is 10.1. The number of nitrogen functional groups attached to an aromatic ring is 1. The zero-order chi connectivity index (χ0) is 17.7. The minimum Gasteiger partial charge on any atom is -0.484 e. The molecule has 0 aliphatic heterocycles. The Labute approximate surface area is 142 Å². The normalized spacial score (nSPS) is 11.8. The Balaban J connectivity index is 2.42. The number of nitrogens with two attached hydrogens (primary N) is 1. The molecule has 2 aromatic rings. The Morgan fingerprint density at radius 1 is 1.17 bits per heavy atom. The van der Waals surface area contributed by atoms with Gasteiger partial charge in [0.2, 0.25) is 5.95 Å². The average Bonchev–Trinajstić information content (AvgIpc) is 2.53. The Bertz CT molecular complexity index is 714. The molecule has 128 valence electrons. The van der Waals surface area contributed by atoms with E-state index in [4.69, 9.17) is 15.2 Å². The summed E-state index contributed by atoms with van der Waals surface area (Å²) in [4.78, 5) is 20.7. The standard InChI is InChI=1S/C18H23N3O3/c1-5-14(24-13-9-7-11(3)8-10-13)16-15(17(22)23-6-2)12(4)20-18(19)21-16/h7-10,14H,5-6H2,1-4H3,(H2,19,20,21). The van der Waals surface area contributed by atoms with E-state index in [1.807, 2.05) is 38.1 Å². The second-order valence-electron chi connectivity index (χ2n) is 5.48. The van der Waals surface area contributed by atoms with Crippen molar-refractivity contribution in [2.24, 2.45) is 0 Å². The third-order valence-corrected chi connectivity index (χ3v) is 3.59. The average molecular weight is 329 g/mol. The summed E-state index contributed by atoms with van der Waals surface area (Å²) in [5.74, 6) is 0.356. The molecule has 0 amide bonds. The van der Waals surface area contributed by atoms with Gasteiger partial charge in [-0.05, 0) is 39.3 Å². The highest BCUT2D eigenvalue weighted by molar-refractivity contribution is 5.92. The van der Waals surface area contributed by atoms with Crippen LogP contribution in [0.4, 0.5) is 5.95 Å². The van der Waals surface area contributed by atoms with Crippen molar-refractivity contribution < 1.29 is 14.3 Å². The van der Waals surface area contributed by atoms with Crippen LogP contribution in [0, 0.1) is 13.8 Å². The number of hydrogen-bond donors (Lipinski definition) is 1. The van der Waals surface area contributed by atoms with Crippen LogP contribution in [-0.4, -0.2) is 22.5 Å². The number of aryl methyl sites for hydroxylation is 2. The Hall–Kier alpha value is -2.63. The van der Waals surface area contributed by atoms with Gasteiger partial charge in [0.05, 0.1) is 12.3 Å². The highest BCUT2D eigenvalue weighted by atomic mass is 16.5. The van der Waals surface area contributed by atoms with Gasteiger partial charge in [0.15, 0.2) is 0 Å². The quantitative estimate of drug-likeness (QED) is 0.817. The van der Waals surface area contributed by atoms with Crippen LogP contribution in [-0.2, 0) is 4.74 Å². The molecule has 0 aliphatic rings. The van der Waals surface area contributed by atoms with Crippen molar-refractivity contribution >= 4 is 11.9 Å². The first-order chi connectivity index (χ1) is 11.5. The smallest absolute Gasteiger partial charge is 0.342 e. The third kappa shape index (κ3) is 4.01. The van der Waals surface area contributed by atoms with Crippen molar-refractivity contribution in [3.05, 3.63) is 46.8 Å². The number of aromatic nitrogens is 2. The molecule has 2 rings (SSSR count). The summed E-state index contributed by atoms with van der Waals surface area (Å²) < 4.78 is 11.2. The van der Waals surface area contributed by atoms with Crippen LogP contribution in [0.5, 0.6) is 5.75 Å². The van der Waals surface area contributed by atoms with Gasteiger partial charge in [-0.2, -0.15) is 0 Å². The second-order valence-corrected chi connectivity index (χ2v) is 5.48. The molecule has 6 heteroatoms. The highest BCUT2D eigenvalue weighted by Crippen LogP contribution is 2.28. The summed E-state index contributed by atoms with van der Waals surface area (Å²) in [6.07, 6.45) is 0.201. The van der Waals surface area contributed by atoms with Crippen molar-refractivity contribution in [2.45, 2.75) is 40.2 Å². The molecule has 24 heavy (non-hydrogen) atoms. The molecule has 0 spiro atoms. The van der Waals surface area contributed by atoms with Crippen molar-refractivity contribution in [2.75, 3.05) is 12.3 Å². The number of nitrogens with zero attached hydrogens (tertiary/aromatic N) is 2. The summed E-state index contributed by atoms with van der Waals surface area (Å²) in [6.45, 7) is 7.71. The lowest BCUT2D eigenvalue weighted by Crippen LogP contribution is -2.20. The van der Waals surface area contributed by atoms with Crippen molar-refractivity contribution in [1.29, 1.82) is 0 Å². The Morgan fingerprint density at radius 3 is 2.42 bits per heavy atom. The zero-order valence-electron chi connectivity index (χ0n) is 14.5. The molecule has 0 saturated heterocycles. The molecule has 0 aliphatic carbocycles. The Morgan fingerprint density at radius 2 is 1.83 bits per heavy atom. The fourth-order valence-corrected chi connectivity index (χ4v) is 2.42. The van der Waals surface area contributed by atoms with E-state index in [1.165, 1.54) is 0 Å². The molecular weight excluding hydrogens is 306 g/mol. The molecule has 1 atom stereocenters. The molecular formula is C18H23N3O3. The SMILES string of the molecule is CCOC(=O)c1c(C)nc(N)nc1C(CC)Oc1ccc(C)cc1. The minimum atomic E-state index is -0.462. The zero-order valence-corrected chi connectivity index (χ0v) is 14.5. The van der Waals surface area contributed by atoms with Gasteiger partial charge in [-0.3, -0.25) is 0 Å². The Kier molecular flexibility index (Phi) is 5.73. The van der Waals surface area contributed by atoms with E-state index in [-0.39, 0.29) is 12.6 Å². The van der Waals surface area contributed by atoms with Crippen LogP contribution >= 0.6 is 0 Å². The number of hydrogen-bond acceptors (Lipinski definition) is 6. The number of ether oxygens (including phenoxy) is 2. The van der Waals surface area contributed by atoms with Crippen molar-refractivity contribution in [3.8, 4) is 5.75 Å². The maximum Gasteiger partial charge on any atom is 0.342 e. The number of carbonyl (C=O) groups is 1. The predicted molar refractivity (Wildman–Crippen MR) is 92.0 cm³/mol. The number of anilines is 1. The lowest BCUT2D eigenvalue weighted by Gasteiger charge is -2.20. The van der Waals surface area contributed by atoms with E-state index in [9.17, 15) is 4.79 Å². The van der Waals surface area contributed by atoms with Crippen molar-refractivity contribution in [1.82, 2.24) is 9.97 Å². The van der Waals surface area contributed by atoms with Gasteiger partial charge < -0.3 is 15.2 Å². The number of carbonyl (C=O) groups excluding carboxylic acids is 1. The monoisotopic (exact) mass is 329 g/mol. The molecule has 2 N–H and O–H groups in total. The van der Waals surface area contributed by atoms with Crippen LogP contribution < -0.4 is 10.5 Å². The molecule has 1 heterocycles. The van der Waals surface area contributed by atoms with Crippen LogP contribution in [0.3, 0.4) is 0 Å². The van der Waals surface area contributed by atoms with Crippen LogP contribution in [0.1, 0.15) is 53.7 Å².